The van der Waals surface area contributed by atoms with Crippen LogP contribution in [0.15, 0.2) is 48.7 Å². The molecule has 0 radical (unpaired) electrons. The lowest BCUT2D eigenvalue weighted by Gasteiger charge is -2.13. The second-order valence-electron chi connectivity index (χ2n) is 5.36. The second-order valence-corrected chi connectivity index (χ2v) is 5.36. The SMILES string of the molecule is CCc1cccc(C)c1Nc1cnnc(Nc2ccccc2F)n1. The number of rotatable bonds is 5. The smallest absolute Gasteiger partial charge is 0.249 e. The molecule has 0 aliphatic carbocycles. The van der Waals surface area contributed by atoms with Crippen LogP contribution in [0.3, 0.4) is 0 Å². The molecular weight excluding hydrogens is 305 g/mol. The summed E-state index contributed by atoms with van der Waals surface area (Å²) in [4.78, 5) is 4.36. The van der Waals surface area contributed by atoms with Crippen molar-refractivity contribution < 1.29 is 4.39 Å². The number of aryl methyl sites for hydroxylation is 2. The van der Waals surface area contributed by atoms with Gasteiger partial charge < -0.3 is 10.6 Å². The van der Waals surface area contributed by atoms with Gasteiger partial charge >= 0.3 is 0 Å². The Hall–Kier alpha value is -3.02. The zero-order chi connectivity index (χ0) is 16.9. The minimum atomic E-state index is -0.369. The number of anilines is 4. The summed E-state index contributed by atoms with van der Waals surface area (Å²) in [5, 5.41) is 14.0. The third-order valence-electron chi connectivity index (χ3n) is 3.67. The van der Waals surface area contributed by atoms with Crippen molar-refractivity contribution in [1.82, 2.24) is 15.2 Å². The van der Waals surface area contributed by atoms with Gasteiger partial charge in [0.15, 0.2) is 5.82 Å². The van der Waals surface area contributed by atoms with Crippen LogP contribution in [0.25, 0.3) is 0 Å². The minimum absolute atomic E-state index is 0.233. The lowest BCUT2D eigenvalue weighted by atomic mass is 10.1. The van der Waals surface area contributed by atoms with E-state index in [1.54, 1.807) is 24.4 Å². The zero-order valence-corrected chi connectivity index (χ0v) is 13.5. The van der Waals surface area contributed by atoms with Gasteiger partial charge in [-0.2, -0.15) is 10.1 Å². The van der Waals surface area contributed by atoms with E-state index in [0.29, 0.717) is 11.5 Å². The highest BCUT2D eigenvalue weighted by Gasteiger charge is 2.08. The van der Waals surface area contributed by atoms with Gasteiger partial charge in [0, 0.05) is 5.69 Å². The standard InChI is InChI=1S/C18H18FN5/c1-3-13-8-6-7-12(2)17(13)22-16-11-20-24-18(23-16)21-15-10-5-4-9-14(15)19/h4-11H,3H2,1-2H3,(H2,21,22,23,24). The van der Waals surface area contributed by atoms with Crippen molar-refractivity contribution >= 4 is 23.1 Å². The fourth-order valence-electron chi connectivity index (χ4n) is 2.43. The molecule has 6 heteroatoms. The molecule has 24 heavy (non-hydrogen) atoms. The van der Waals surface area contributed by atoms with Gasteiger partial charge in [0.1, 0.15) is 5.82 Å². The topological polar surface area (TPSA) is 62.7 Å². The molecule has 0 aliphatic heterocycles. The summed E-state index contributed by atoms with van der Waals surface area (Å²) in [5.41, 5.74) is 3.63. The average Bonchev–Trinajstić information content (AvgIpc) is 2.59. The van der Waals surface area contributed by atoms with Crippen molar-refractivity contribution in [3.63, 3.8) is 0 Å². The Bertz CT molecular complexity index is 850. The normalized spacial score (nSPS) is 10.5. The minimum Gasteiger partial charge on any atom is -0.338 e. The number of nitrogens with zero attached hydrogens (tertiary/aromatic N) is 3. The van der Waals surface area contributed by atoms with Crippen LogP contribution in [-0.2, 0) is 6.42 Å². The maximum absolute atomic E-state index is 13.7. The Morgan fingerprint density at radius 2 is 1.88 bits per heavy atom. The first-order valence-electron chi connectivity index (χ1n) is 7.74. The van der Waals surface area contributed by atoms with Crippen molar-refractivity contribution in [2.75, 3.05) is 10.6 Å². The number of halogens is 1. The fraction of sp³-hybridized carbons (Fsp3) is 0.167. The molecule has 0 saturated carbocycles. The molecule has 3 rings (SSSR count). The largest absolute Gasteiger partial charge is 0.338 e. The summed E-state index contributed by atoms with van der Waals surface area (Å²) in [5.74, 6) is 0.413. The molecule has 0 spiro atoms. The van der Waals surface area contributed by atoms with Gasteiger partial charge in [0.2, 0.25) is 5.95 Å². The van der Waals surface area contributed by atoms with Gasteiger partial charge in [-0.1, -0.05) is 37.3 Å². The molecule has 0 bridgehead atoms. The van der Waals surface area contributed by atoms with E-state index in [2.05, 4.69) is 38.8 Å². The van der Waals surface area contributed by atoms with E-state index in [1.165, 1.54) is 11.6 Å². The monoisotopic (exact) mass is 323 g/mol. The summed E-state index contributed by atoms with van der Waals surface area (Å²) in [6.07, 6.45) is 2.45. The van der Waals surface area contributed by atoms with Gasteiger partial charge in [-0.05, 0) is 36.6 Å². The van der Waals surface area contributed by atoms with Crippen LogP contribution in [0.2, 0.25) is 0 Å². The molecule has 0 amide bonds. The molecule has 0 unspecified atom stereocenters. The lowest BCUT2D eigenvalue weighted by molar-refractivity contribution is 0.631. The van der Waals surface area contributed by atoms with Gasteiger partial charge in [-0.3, -0.25) is 0 Å². The number of hydrogen-bond acceptors (Lipinski definition) is 5. The summed E-state index contributed by atoms with van der Waals surface area (Å²) in [6.45, 7) is 4.14. The van der Waals surface area contributed by atoms with Gasteiger partial charge in [0.25, 0.3) is 0 Å². The Morgan fingerprint density at radius 1 is 1.04 bits per heavy atom. The molecule has 0 fully saturated rings. The average molecular weight is 323 g/mol. The van der Waals surface area contributed by atoms with Crippen LogP contribution < -0.4 is 10.6 Å². The third kappa shape index (κ3) is 3.48. The summed E-state index contributed by atoms with van der Waals surface area (Å²) >= 11 is 0. The second kappa shape index (κ2) is 7.04. The van der Waals surface area contributed by atoms with Crippen molar-refractivity contribution in [2.24, 2.45) is 0 Å². The number of para-hydroxylation sites is 2. The molecule has 1 aromatic heterocycles. The van der Waals surface area contributed by atoms with E-state index in [0.717, 1.165) is 17.7 Å². The number of nitrogens with one attached hydrogen (secondary N) is 2. The summed E-state index contributed by atoms with van der Waals surface area (Å²) in [7, 11) is 0. The van der Waals surface area contributed by atoms with E-state index < -0.39 is 0 Å². The van der Waals surface area contributed by atoms with Crippen LogP contribution in [0.1, 0.15) is 18.1 Å². The number of hydrogen-bond donors (Lipinski definition) is 2. The molecular formula is C18H18FN5. The Labute approximate surface area is 140 Å². The molecule has 2 N–H and O–H groups in total. The van der Waals surface area contributed by atoms with E-state index in [-0.39, 0.29) is 11.8 Å². The van der Waals surface area contributed by atoms with E-state index in [9.17, 15) is 4.39 Å². The van der Waals surface area contributed by atoms with Crippen molar-refractivity contribution in [3.8, 4) is 0 Å². The first kappa shape index (κ1) is 15.9. The summed E-state index contributed by atoms with van der Waals surface area (Å²) < 4.78 is 13.7. The fourth-order valence-corrected chi connectivity index (χ4v) is 2.43. The van der Waals surface area contributed by atoms with Crippen LogP contribution in [0.4, 0.5) is 27.5 Å². The van der Waals surface area contributed by atoms with Crippen molar-refractivity contribution in [1.29, 1.82) is 0 Å². The lowest BCUT2D eigenvalue weighted by Crippen LogP contribution is -2.05. The quantitative estimate of drug-likeness (QED) is 0.730. The molecule has 2 aromatic carbocycles. The zero-order valence-electron chi connectivity index (χ0n) is 13.5. The molecule has 5 nitrogen and oxygen atoms in total. The Balaban J connectivity index is 1.85. The third-order valence-corrected chi connectivity index (χ3v) is 3.67. The van der Waals surface area contributed by atoms with Crippen LogP contribution >= 0.6 is 0 Å². The van der Waals surface area contributed by atoms with E-state index in [4.69, 9.17) is 0 Å². The van der Waals surface area contributed by atoms with Gasteiger partial charge in [0.05, 0.1) is 11.9 Å². The molecule has 3 aromatic rings. The first-order chi connectivity index (χ1) is 11.7. The predicted molar refractivity (Wildman–Crippen MR) is 93.3 cm³/mol. The van der Waals surface area contributed by atoms with Crippen LogP contribution in [0, 0.1) is 12.7 Å². The van der Waals surface area contributed by atoms with Crippen LogP contribution in [0.5, 0.6) is 0 Å². The molecule has 122 valence electrons. The maximum Gasteiger partial charge on any atom is 0.249 e. The van der Waals surface area contributed by atoms with Crippen molar-refractivity contribution in [3.05, 3.63) is 65.6 Å². The number of benzene rings is 2. The Kier molecular flexibility index (Phi) is 4.65. The van der Waals surface area contributed by atoms with E-state index in [1.807, 2.05) is 19.1 Å². The highest BCUT2D eigenvalue weighted by molar-refractivity contribution is 5.65. The molecule has 0 saturated heterocycles. The van der Waals surface area contributed by atoms with E-state index >= 15 is 0 Å². The Morgan fingerprint density at radius 3 is 2.67 bits per heavy atom. The molecule has 0 aliphatic rings. The maximum atomic E-state index is 13.7. The summed E-state index contributed by atoms with van der Waals surface area (Å²) in [6, 6.07) is 12.5. The first-order valence-corrected chi connectivity index (χ1v) is 7.74. The van der Waals surface area contributed by atoms with Crippen LogP contribution in [-0.4, -0.2) is 15.2 Å². The van der Waals surface area contributed by atoms with Gasteiger partial charge in [-0.25, -0.2) is 4.39 Å². The molecule has 1 heterocycles. The van der Waals surface area contributed by atoms with Gasteiger partial charge in [-0.15, -0.1) is 5.10 Å². The predicted octanol–water partition coefficient (Wildman–Crippen LogP) is 4.37. The van der Waals surface area contributed by atoms with Crippen molar-refractivity contribution in [2.45, 2.75) is 20.3 Å². The highest BCUT2D eigenvalue weighted by atomic mass is 19.1. The molecule has 0 atom stereocenters. The highest BCUT2D eigenvalue weighted by Crippen LogP contribution is 2.25. The number of aromatic nitrogens is 3.